The van der Waals surface area contributed by atoms with Gasteiger partial charge in [-0.15, -0.1) is 0 Å². The number of hydrogen-bond acceptors (Lipinski definition) is 1. The van der Waals surface area contributed by atoms with Gasteiger partial charge < -0.3 is 0 Å². The second kappa shape index (κ2) is 6.99. The number of hydrogen-bond donors (Lipinski definition) is 0. The zero-order chi connectivity index (χ0) is 10.2. The number of pyridine rings is 1. The lowest BCUT2D eigenvalue weighted by molar-refractivity contribution is 0.644. The maximum atomic E-state index is 4.32. The molecule has 14 heavy (non-hydrogen) atoms. The summed E-state index contributed by atoms with van der Waals surface area (Å²) >= 11 is 3.70. The van der Waals surface area contributed by atoms with E-state index in [1.54, 1.807) is 0 Å². The lowest BCUT2D eigenvalue weighted by Gasteiger charge is -2.08. The highest BCUT2D eigenvalue weighted by atomic mass is 79.9. The van der Waals surface area contributed by atoms with Crippen molar-refractivity contribution in [3.8, 4) is 0 Å². The molecule has 1 heterocycles. The van der Waals surface area contributed by atoms with E-state index < -0.39 is 0 Å². The summed E-state index contributed by atoms with van der Waals surface area (Å²) in [6.07, 6.45) is 8.11. The predicted molar refractivity (Wildman–Crippen MR) is 64.8 cm³/mol. The molecule has 0 fully saturated rings. The SMILES string of the molecule is CCCCCC(Br)Cc1ccccn1. The van der Waals surface area contributed by atoms with Gasteiger partial charge in [0, 0.05) is 23.1 Å². The zero-order valence-electron chi connectivity index (χ0n) is 8.75. The van der Waals surface area contributed by atoms with Crippen LogP contribution in [0.15, 0.2) is 24.4 Å². The molecular formula is C12H18BrN. The van der Waals surface area contributed by atoms with Gasteiger partial charge in [-0.2, -0.15) is 0 Å². The molecule has 1 nitrogen and oxygen atoms in total. The van der Waals surface area contributed by atoms with Gasteiger partial charge in [-0.25, -0.2) is 0 Å². The molecule has 78 valence electrons. The molecule has 0 aliphatic heterocycles. The van der Waals surface area contributed by atoms with Crippen LogP contribution in [-0.2, 0) is 6.42 Å². The Morgan fingerprint density at radius 1 is 1.36 bits per heavy atom. The molecule has 0 saturated carbocycles. The number of alkyl halides is 1. The minimum absolute atomic E-state index is 0.587. The fourth-order valence-corrected chi connectivity index (χ4v) is 2.12. The summed E-state index contributed by atoms with van der Waals surface area (Å²) in [5.74, 6) is 0. The smallest absolute Gasteiger partial charge is 0.0414 e. The molecule has 0 N–H and O–H groups in total. The van der Waals surface area contributed by atoms with Crippen molar-refractivity contribution in [3.63, 3.8) is 0 Å². The minimum atomic E-state index is 0.587. The third-order valence-corrected chi connectivity index (χ3v) is 3.06. The summed E-state index contributed by atoms with van der Waals surface area (Å²) in [4.78, 5) is 4.90. The van der Waals surface area contributed by atoms with Crippen molar-refractivity contribution in [2.45, 2.75) is 43.9 Å². The van der Waals surface area contributed by atoms with Crippen molar-refractivity contribution < 1.29 is 0 Å². The highest BCUT2D eigenvalue weighted by Crippen LogP contribution is 2.15. The monoisotopic (exact) mass is 255 g/mol. The van der Waals surface area contributed by atoms with Crippen molar-refractivity contribution in [1.82, 2.24) is 4.98 Å². The van der Waals surface area contributed by atoms with Crippen LogP contribution in [-0.4, -0.2) is 9.81 Å². The average Bonchev–Trinajstić information content (AvgIpc) is 2.20. The Labute approximate surface area is 95.1 Å². The maximum Gasteiger partial charge on any atom is 0.0414 e. The third-order valence-electron chi connectivity index (χ3n) is 2.28. The van der Waals surface area contributed by atoms with E-state index in [0.717, 1.165) is 6.42 Å². The van der Waals surface area contributed by atoms with Gasteiger partial charge in [-0.1, -0.05) is 48.2 Å². The molecule has 1 atom stereocenters. The van der Waals surface area contributed by atoms with Gasteiger partial charge in [0.15, 0.2) is 0 Å². The molecule has 1 aromatic heterocycles. The number of halogens is 1. The number of unbranched alkanes of at least 4 members (excludes halogenated alkanes) is 2. The van der Waals surface area contributed by atoms with E-state index in [2.05, 4.69) is 33.9 Å². The van der Waals surface area contributed by atoms with E-state index in [4.69, 9.17) is 0 Å². The van der Waals surface area contributed by atoms with E-state index in [0.29, 0.717) is 4.83 Å². The first-order valence-corrected chi connectivity index (χ1v) is 6.28. The van der Waals surface area contributed by atoms with Crippen LogP contribution in [0.25, 0.3) is 0 Å². The van der Waals surface area contributed by atoms with Crippen molar-refractivity contribution in [3.05, 3.63) is 30.1 Å². The Morgan fingerprint density at radius 2 is 2.21 bits per heavy atom. The largest absolute Gasteiger partial charge is 0.261 e. The molecule has 0 aliphatic carbocycles. The van der Waals surface area contributed by atoms with Crippen LogP contribution >= 0.6 is 15.9 Å². The zero-order valence-corrected chi connectivity index (χ0v) is 10.3. The summed E-state index contributed by atoms with van der Waals surface area (Å²) in [7, 11) is 0. The van der Waals surface area contributed by atoms with Crippen molar-refractivity contribution >= 4 is 15.9 Å². The van der Waals surface area contributed by atoms with E-state index in [1.807, 2.05) is 18.3 Å². The molecular weight excluding hydrogens is 238 g/mol. The fraction of sp³-hybridized carbons (Fsp3) is 0.583. The number of nitrogens with zero attached hydrogens (tertiary/aromatic N) is 1. The van der Waals surface area contributed by atoms with Gasteiger partial charge in [0.1, 0.15) is 0 Å². The number of rotatable bonds is 6. The molecule has 0 spiro atoms. The average molecular weight is 256 g/mol. The molecule has 1 unspecified atom stereocenters. The Kier molecular flexibility index (Phi) is 5.85. The molecule has 0 aliphatic rings. The summed E-state index contributed by atoms with van der Waals surface area (Å²) < 4.78 is 0. The normalized spacial score (nSPS) is 12.7. The predicted octanol–water partition coefficient (Wildman–Crippen LogP) is 3.97. The Bertz CT molecular complexity index is 235. The van der Waals surface area contributed by atoms with E-state index in [-0.39, 0.29) is 0 Å². The Morgan fingerprint density at radius 3 is 2.86 bits per heavy atom. The molecule has 0 radical (unpaired) electrons. The van der Waals surface area contributed by atoms with E-state index in [1.165, 1.54) is 31.4 Å². The van der Waals surface area contributed by atoms with Crippen molar-refractivity contribution in [2.24, 2.45) is 0 Å². The van der Waals surface area contributed by atoms with Crippen LogP contribution in [0.5, 0.6) is 0 Å². The Hall–Kier alpha value is -0.370. The first kappa shape index (κ1) is 11.7. The molecule has 0 aromatic carbocycles. The van der Waals surface area contributed by atoms with Gasteiger partial charge in [-0.3, -0.25) is 4.98 Å². The van der Waals surface area contributed by atoms with Gasteiger partial charge in [-0.05, 0) is 18.6 Å². The van der Waals surface area contributed by atoms with Gasteiger partial charge >= 0.3 is 0 Å². The molecule has 0 amide bonds. The van der Waals surface area contributed by atoms with Crippen LogP contribution in [0.2, 0.25) is 0 Å². The summed E-state index contributed by atoms with van der Waals surface area (Å²) in [5, 5.41) is 0. The standard InChI is InChI=1S/C12H18BrN/c1-2-3-4-7-11(13)10-12-8-5-6-9-14-12/h5-6,8-9,11H,2-4,7,10H2,1H3. The Balaban J connectivity index is 2.23. The first-order valence-electron chi connectivity index (χ1n) is 5.37. The van der Waals surface area contributed by atoms with Crippen LogP contribution in [0, 0.1) is 0 Å². The van der Waals surface area contributed by atoms with Gasteiger partial charge in [0.2, 0.25) is 0 Å². The molecule has 2 heteroatoms. The third kappa shape index (κ3) is 4.75. The molecule has 1 rings (SSSR count). The molecule has 0 bridgehead atoms. The van der Waals surface area contributed by atoms with E-state index >= 15 is 0 Å². The van der Waals surface area contributed by atoms with Crippen LogP contribution < -0.4 is 0 Å². The fourth-order valence-electron chi connectivity index (χ4n) is 1.46. The second-order valence-electron chi connectivity index (χ2n) is 3.62. The van der Waals surface area contributed by atoms with E-state index in [9.17, 15) is 0 Å². The highest BCUT2D eigenvalue weighted by molar-refractivity contribution is 9.09. The van der Waals surface area contributed by atoms with Crippen LogP contribution in [0.4, 0.5) is 0 Å². The highest BCUT2D eigenvalue weighted by Gasteiger charge is 2.05. The van der Waals surface area contributed by atoms with Crippen molar-refractivity contribution in [1.29, 1.82) is 0 Å². The summed E-state index contributed by atoms with van der Waals surface area (Å²) in [6, 6.07) is 6.10. The lowest BCUT2D eigenvalue weighted by atomic mass is 10.1. The topological polar surface area (TPSA) is 12.9 Å². The quantitative estimate of drug-likeness (QED) is 0.554. The van der Waals surface area contributed by atoms with Crippen LogP contribution in [0.1, 0.15) is 38.3 Å². The second-order valence-corrected chi connectivity index (χ2v) is 4.91. The number of aromatic nitrogens is 1. The lowest BCUT2D eigenvalue weighted by Crippen LogP contribution is -2.03. The van der Waals surface area contributed by atoms with Crippen LogP contribution in [0.3, 0.4) is 0 Å². The van der Waals surface area contributed by atoms with Crippen molar-refractivity contribution in [2.75, 3.05) is 0 Å². The summed E-state index contributed by atoms with van der Waals surface area (Å²) in [6.45, 7) is 2.24. The first-order chi connectivity index (χ1) is 6.83. The summed E-state index contributed by atoms with van der Waals surface area (Å²) in [5.41, 5.74) is 1.19. The minimum Gasteiger partial charge on any atom is -0.261 e. The molecule has 1 aromatic rings. The molecule has 0 saturated heterocycles. The maximum absolute atomic E-state index is 4.32. The van der Waals surface area contributed by atoms with Gasteiger partial charge in [0.05, 0.1) is 0 Å². The van der Waals surface area contributed by atoms with Gasteiger partial charge in [0.25, 0.3) is 0 Å².